The Bertz CT molecular complexity index is 977. The SMILES string of the molecule is O=C(C[C@@H]1SC(=O)N(c2ccc(O)cc2)C1=O)Nc1ccc([N+](=O)[O-])cc1O. The monoisotopic (exact) mass is 403 g/mol. The number of nitrogens with one attached hydrogen (secondary N) is 1. The lowest BCUT2D eigenvalue weighted by Gasteiger charge is -2.14. The molecule has 0 spiro atoms. The molecular weight excluding hydrogens is 390 g/mol. The average molecular weight is 403 g/mol. The predicted octanol–water partition coefficient (Wildman–Crippen LogP) is 2.60. The van der Waals surface area contributed by atoms with E-state index < -0.39 is 33.0 Å². The summed E-state index contributed by atoms with van der Waals surface area (Å²) in [5.41, 5.74) is -0.115. The zero-order chi connectivity index (χ0) is 20.4. The summed E-state index contributed by atoms with van der Waals surface area (Å²) < 4.78 is 0. The van der Waals surface area contributed by atoms with Crippen molar-refractivity contribution < 1.29 is 29.5 Å². The molecule has 3 N–H and O–H groups in total. The van der Waals surface area contributed by atoms with Gasteiger partial charge in [0.05, 0.1) is 22.4 Å². The summed E-state index contributed by atoms with van der Waals surface area (Å²) in [4.78, 5) is 47.7. The van der Waals surface area contributed by atoms with E-state index in [2.05, 4.69) is 5.32 Å². The lowest BCUT2D eigenvalue weighted by atomic mass is 10.2. The van der Waals surface area contributed by atoms with Crippen LogP contribution in [0, 0.1) is 10.1 Å². The first kappa shape index (κ1) is 19.2. The minimum Gasteiger partial charge on any atom is -0.508 e. The van der Waals surface area contributed by atoms with Crippen molar-refractivity contribution in [3.8, 4) is 11.5 Å². The molecule has 2 aromatic carbocycles. The number of hydrogen-bond acceptors (Lipinski definition) is 8. The van der Waals surface area contributed by atoms with Crippen LogP contribution in [0.15, 0.2) is 42.5 Å². The highest BCUT2D eigenvalue weighted by Gasteiger charge is 2.41. The number of thioether (sulfide) groups is 1. The van der Waals surface area contributed by atoms with E-state index in [1.807, 2.05) is 0 Å². The zero-order valence-corrected chi connectivity index (χ0v) is 14.9. The molecule has 1 aliphatic heterocycles. The van der Waals surface area contributed by atoms with E-state index in [1.165, 1.54) is 30.3 Å². The molecule has 144 valence electrons. The number of phenols is 2. The molecule has 10 nitrogen and oxygen atoms in total. The van der Waals surface area contributed by atoms with Crippen molar-refractivity contribution >= 4 is 45.9 Å². The number of phenolic OH excluding ortho intramolecular Hbond substituents is 2. The third-order valence-electron chi connectivity index (χ3n) is 3.87. The van der Waals surface area contributed by atoms with E-state index in [4.69, 9.17) is 0 Å². The maximum Gasteiger partial charge on any atom is 0.293 e. The normalized spacial score (nSPS) is 16.3. The lowest BCUT2D eigenvalue weighted by molar-refractivity contribution is -0.384. The fourth-order valence-electron chi connectivity index (χ4n) is 2.53. The molecule has 0 unspecified atom stereocenters. The molecule has 1 saturated heterocycles. The Balaban J connectivity index is 1.68. The molecule has 1 fully saturated rings. The number of imide groups is 1. The van der Waals surface area contributed by atoms with E-state index in [1.54, 1.807) is 0 Å². The Kier molecular flexibility index (Phi) is 5.18. The Labute approximate surface area is 161 Å². The van der Waals surface area contributed by atoms with E-state index in [0.29, 0.717) is 11.8 Å². The summed E-state index contributed by atoms with van der Waals surface area (Å²) in [6.07, 6.45) is -0.333. The first-order valence-corrected chi connectivity index (χ1v) is 8.75. The van der Waals surface area contributed by atoms with Crippen LogP contribution in [0.25, 0.3) is 0 Å². The molecule has 1 heterocycles. The number of nitro groups is 1. The molecule has 0 radical (unpaired) electrons. The van der Waals surface area contributed by atoms with Gasteiger partial charge in [-0.05, 0) is 42.1 Å². The average Bonchev–Trinajstić information content (AvgIpc) is 2.91. The molecule has 1 aliphatic rings. The Morgan fingerprint density at radius 3 is 2.46 bits per heavy atom. The summed E-state index contributed by atoms with van der Waals surface area (Å²) in [5.74, 6) is -1.73. The Hall–Kier alpha value is -3.60. The summed E-state index contributed by atoms with van der Waals surface area (Å²) in [5, 5.41) is 30.6. The van der Waals surface area contributed by atoms with E-state index in [-0.39, 0.29) is 29.2 Å². The van der Waals surface area contributed by atoms with Crippen LogP contribution in [0.4, 0.5) is 21.9 Å². The highest BCUT2D eigenvalue weighted by Crippen LogP contribution is 2.34. The second-order valence-corrected chi connectivity index (χ2v) is 6.93. The van der Waals surface area contributed by atoms with Crippen molar-refractivity contribution in [1.82, 2.24) is 0 Å². The molecular formula is C17H13N3O7S. The van der Waals surface area contributed by atoms with E-state index >= 15 is 0 Å². The number of carbonyl (C=O) groups is 3. The number of amides is 3. The van der Waals surface area contributed by atoms with Gasteiger partial charge in [-0.3, -0.25) is 24.5 Å². The van der Waals surface area contributed by atoms with Crippen LogP contribution in [-0.4, -0.2) is 37.4 Å². The van der Waals surface area contributed by atoms with Gasteiger partial charge >= 0.3 is 0 Å². The summed E-state index contributed by atoms with van der Waals surface area (Å²) >= 11 is 0.693. The third-order valence-corrected chi connectivity index (χ3v) is 4.90. The van der Waals surface area contributed by atoms with Gasteiger partial charge in [0.25, 0.3) is 10.9 Å². The standard InChI is InChI=1S/C17H13N3O7S/c21-11-4-1-9(2-5-11)19-16(24)14(28-17(19)25)8-15(23)18-12-6-3-10(20(26)27)7-13(12)22/h1-7,14,21-22H,8H2,(H,18,23)/t14-/m0/s1. The van der Waals surface area contributed by atoms with Crippen molar-refractivity contribution in [2.45, 2.75) is 11.7 Å². The van der Waals surface area contributed by atoms with Crippen LogP contribution in [0.2, 0.25) is 0 Å². The van der Waals surface area contributed by atoms with Gasteiger partial charge in [0.15, 0.2) is 0 Å². The number of aromatic hydroxyl groups is 2. The number of benzene rings is 2. The van der Waals surface area contributed by atoms with Crippen molar-refractivity contribution in [3.05, 3.63) is 52.6 Å². The number of carbonyl (C=O) groups excluding carboxylic acids is 3. The highest BCUT2D eigenvalue weighted by molar-refractivity contribution is 8.15. The Morgan fingerprint density at radius 2 is 1.86 bits per heavy atom. The van der Waals surface area contributed by atoms with Crippen LogP contribution in [-0.2, 0) is 9.59 Å². The van der Waals surface area contributed by atoms with Crippen LogP contribution >= 0.6 is 11.8 Å². The second kappa shape index (κ2) is 7.56. The maximum absolute atomic E-state index is 12.5. The fourth-order valence-corrected chi connectivity index (χ4v) is 3.52. The minimum absolute atomic E-state index is 0.0191. The fraction of sp³-hybridized carbons (Fsp3) is 0.118. The minimum atomic E-state index is -0.957. The Morgan fingerprint density at radius 1 is 1.18 bits per heavy atom. The molecule has 28 heavy (non-hydrogen) atoms. The molecule has 1 atom stereocenters. The van der Waals surface area contributed by atoms with Crippen LogP contribution < -0.4 is 10.2 Å². The molecule has 0 aliphatic carbocycles. The van der Waals surface area contributed by atoms with Crippen molar-refractivity contribution in [2.75, 3.05) is 10.2 Å². The van der Waals surface area contributed by atoms with Gasteiger partial charge in [-0.2, -0.15) is 0 Å². The number of nitrogens with zero attached hydrogens (tertiary/aromatic N) is 2. The van der Waals surface area contributed by atoms with Crippen LogP contribution in [0.3, 0.4) is 0 Å². The van der Waals surface area contributed by atoms with Crippen molar-refractivity contribution in [1.29, 1.82) is 0 Å². The molecule has 0 bridgehead atoms. The first-order chi connectivity index (χ1) is 13.3. The smallest absolute Gasteiger partial charge is 0.293 e. The molecule has 2 aromatic rings. The van der Waals surface area contributed by atoms with Crippen LogP contribution in [0.5, 0.6) is 11.5 Å². The van der Waals surface area contributed by atoms with Gasteiger partial charge in [-0.15, -0.1) is 0 Å². The number of non-ortho nitro benzene ring substituents is 1. The molecule has 3 rings (SSSR count). The molecule has 0 saturated carbocycles. The summed E-state index contributed by atoms with van der Waals surface area (Å²) in [7, 11) is 0. The summed E-state index contributed by atoms with van der Waals surface area (Å²) in [6.45, 7) is 0. The van der Waals surface area contributed by atoms with Gasteiger partial charge in [-0.1, -0.05) is 0 Å². The van der Waals surface area contributed by atoms with E-state index in [0.717, 1.165) is 17.0 Å². The van der Waals surface area contributed by atoms with Gasteiger partial charge < -0.3 is 15.5 Å². The third kappa shape index (κ3) is 3.88. The van der Waals surface area contributed by atoms with Gasteiger partial charge in [0.2, 0.25) is 11.8 Å². The number of anilines is 2. The zero-order valence-electron chi connectivity index (χ0n) is 14.1. The highest BCUT2D eigenvalue weighted by atomic mass is 32.2. The largest absolute Gasteiger partial charge is 0.508 e. The van der Waals surface area contributed by atoms with Gasteiger partial charge in [0, 0.05) is 12.5 Å². The first-order valence-electron chi connectivity index (χ1n) is 7.87. The molecule has 11 heteroatoms. The maximum atomic E-state index is 12.5. The lowest BCUT2D eigenvalue weighted by Crippen LogP contribution is -2.32. The summed E-state index contributed by atoms with van der Waals surface area (Å²) in [6, 6.07) is 8.65. The second-order valence-electron chi connectivity index (χ2n) is 5.77. The van der Waals surface area contributed by atoms with Crippen LogP contribution in [0.1, 0.15) is 6.42 Å². The molecule has 0 aromatic heterocycles. The number of hydrogen-bond donors (Lipinski definition) is 3. The number of rotatable bonds is 5. The van der Waals surface area contributed by atoms with Crippen molar-refractivity contribution in [2.24, 2.45) is 0 Å². The number of nitro benzene ring substituents is 1. The van der Waals surface area contributed by atoms with Crippen molar-refractivity contribution in [3.63, 3.8) is 0 Å². The van der Waals surface area contributed by atoms with Gasteiger partial charge in [-0.25, -0.2) is 4.90 Å². The topological polar surface area (TPSA) is 150 Å². The quantitative estimate of drug-likeness (QED) is 0.392. The van der Waals surface area contributed by atoms with E-state index in [9.17, 15) is 34.7 Å². The van der Waals surface area contributed by atoms with Gasteiger partial charge in [0.1, 0.15) is 16.7 Å². The molecule has 3 amide bonds. The predicted molar refractivity (Wildman–Crippen MR) is 100 cm³/mol.